The number of nitrogens with one attached hydrogen (secondary N) is 2. The van der Waals surface area contributed by atoms with Gasteiger partial charge in [0.15, 0.2) is 5.72 Å². The van der Waals surface area contributed by atoms with Crippen LogP contribution in [-0.4, -0.2) is 27.1 Å². The fraction of sp³-hybridized carbons (Fsp3) is 0.0870. The minimum Gasteiger partial charge on any atom is -0.366 e. The molecule has 0 spiro atoms. The number of halogens is 7. The first-order valence-electron chi connectivity index (χ1n) is 10.2. The molecule has 5 N–H and O–H groups in total. The van der Waals surface area contributed by atoms with Crippen LogP contribution in [-0.2, 0) is 11.9 Å². The molecule has 3 aromatic carbocycles. The van der Waals surface area contributed by atoms with Crippen LogP contribution in [0.15, 0.2) is 41.0 Å². The molecule has 0 fully saturated rings. The average Bonchev–Trinajstić information content (AvgIpc) is 3.30. The first-order chi connectivity index (χ1) is 17.2. The Morgan fingerprint density at radius 1 is 1.14 bits per heavy atom. The lowest BCUT2D eigenvalue weighted by molar-refractivity contribution is -0.137. The second-order valence-corrected chi connectivity index (χ2v) is 9.30. The number of carbonyl (C=O) groups excluding carboxylic acids is 2. The third-order valence-electron chi connectivity index (χ3n) is 5.96. The number of hydrogen-bond acceptors (Lipinski definition) is 4. The fourth-order valence-corrected chi connectivity index (χ4v) is 5.21. The summed E-state index contributed by atoms with van der Waals surface area (Å²) in [7, 11) is 0. The summed E-state index contributed by atoms with van der Waals surface area (Å²) in [6.45, 7) is 0. The molecular formula is C23H11BrClF5N4O3. The number of hydrogen-bond donors (Lipinski definition) is 4. The first kappa shape index (κ1) is 25.1. The summed E-state index contributed by atoms with van der Waals surface area (Å²) >= 11 is 9.38. The quantitative estimate of drug-likeness (QED) is 0.248. The molecular weight excluding hydrogens is 591 g/mol. The number of aromatic nitrogens is 2. The van der Waals surface area contributed by atoms with Crippen LogP contribution in [0.2, 0.25) is 5.02 Å². The summed E-state index contributed by atoms with van der Waals surface area (Å²) in [5.74, 6) is -4.69. The number of amides is 2. The maximum absolute atomic E-state index is 15.4. The zero-order valence-electron chi connectivity index (χ0n) is 17.9. The van der Waals surface area contributed by atoms with E-state index in [0.29, 0.717) is 6.07 Å². The van der Waals surface area contributed by atoms with Gasteiger partial charge in [0.1, 0.15) is 16.2 Å². The molecule has 2 amide bonds. The number of aromatic amines is 1. The molecule has 0 saturated carbocycles. The number of benzene rings is 3. The average molecular weight is 602 g/mol. The van der Waals surface area contributed by atoms with Gasteiger partial charge in [0.05, 0.1) is 22.2 Å². The van der Waals surface area contributed by atoms with Crippen molar-refractivity contribution in [2.45, 2.75) is 11.9 Å². The van der Waals surface area contributed by atoms with Gasteiger partial charge >= 0.3 is 6.18 Å². The second kappa shape index (κ2) is 8.23. The number of alkyl halides is 3. The van der Waals surface area contributed by atoms with Gasteiger partial charge in [0.2, 0.25) is 5.91 Å². The van der Waals surface area contributed by atoms with E-state index >= 15 is 4.39 Å². The summed E-state index contributed by atoms with van der Waals surface area (Å²) in [5.41, 5.74) is -1.68. The largest absolute Gasteiger partial charge is 0.416 e. The summed E-state index contributed by atoms with van der Waals surface area (Å²) in [6.07, 6.45) is -5.02. The molecule has 37 heavy (non-hydrogen) atoms. The van der Waals surface area contributed by atoms with Gasteiger partial charge < -0.3 is 16.2 Å². The van der Waals surface area contributed by atoms with Crippen LogP contribution in [0.25, 0.3) is 22.0 Å². The molecule has 190 valence electrons. The number of rotatable bonds is 3. The Hall–Kier alpha value is -3.55. The van der Waals surface area contributed by atoms with E-state index in [4.69, 9.17) is 17.3 Å². The predicted molar refractivity (Wildman–Crippen MR) is 125 cm³/mol. The number of nitrogens with zero attached hydrogens (tertiary/aromatic N) is 1. The fourth-order valence-electron chi connectivity index (χ4n) is 4.46. The summed E-state index contributed by atoms with van der Waals surface area (Å²) < 4.78 is 69.9. The van der Waals surface area contributed by atoms with Crippen molar-refractivity contribution < 1.29 is 36.6 Å². The van der Waals surface area contributed by atoms with Crippen molar-refractivity contribution in [3.8, 4) is 11.1 Å². The zero-order valence-corrected chi connectivity index (χ0v) is 20.2. The molecule has 0 bridgehead atoms. The van der Waals surface area contributed by atoms with Crippen LogP contribution in [0.5, 0.6) is 0 Å². The molecule has 0 radical (unpaired) electrons. The molecule has 1 unspecified atom stereocenters. The van der Waals surface area contributed by atoms with E-state index in [1.54, 1.807) is 0 Å². The van der Waals surface area contributed by atoms with E-state index in [9.17, 15) is 32.3 Å². The van der Waals surface area contributed by atoms with Gasteiger partial charge in [-0.15, -0.1) is 0 Å². The van der Waals surface area contributed by atoms with Crippen molar-refractivity contribution in [1.29, 1.82) is 0 Å². The van der Waals surface area contributed by atoms with E-state index in [0.717, 1.165) is 18.2 Å². The lowest BCUT2D eigenvalue weighted by Crippen LogP contribution is -2.41. The SMILES string of the molecule is NC(=O)c1cc(C(F)(F)F)cc(F)c1-c1cc2[nH]nc(Br)c2c2c1C(O)(c1cc(F)ccc1Cl)NC2=O. The monoisotopic (exact) mass is 600 g/mol. The van der Waals surface area contributed by atoms with Crippen molar-refractivity contribution >= 4 is 50.2 Å². The Morgan fingerprint density at radius 2 is 1.84 bits per heavy atom. The highest BCUT2D eigenvalue weighted by Crippen LogP contribution is 2.48. The van der Waals surface area contributed by atoms with Crippen molar-refractivity contribution in [2.24, 2.45) is 5.73 Å². The van der Waals surface area contributed by atoms with Crippen LogP contribution >= 0.6 is 27.5 Å². The van der Waals surface area contributed by atoms with Gasteiger partial charge in [-0.05, 0) is 57.9 Å². The smallest absolute Gasteiger partial charge is 0.366 e. The maximum atomic E-state index is 15.4. The van der Waals surface area contributed by atoms with Crippen molar-refractivity contribution in [2.75, 3.05) is 0 Å². The van der Waals surface area contributed by atoms with Gasteiger partial charge in [-0.25, -0.2) is 8.78 Å². The molecule has 0 aliphatic carbocycles. The molecule has 1 aliphatic heterocycles. The molecule has 7 nitrogen and oxygen atoms in total. The van der Waals surface area contributed by atoms with Crippen LogP contribution < -0.4 is 11.1 Å². The van der Waals surface area contributed by atoms with E-state index in [1.165, 1.54) is 6.07 Å². The second-order valence-electron chi connectivity index (χ2n) is 8.14. The molecule has 5 rings (SSSR count). The summed E-state index contributed by atoms with van der Waals surface area (Å²) in [6, 6.07) is 4.60. The zero-order chi connectivity index (χ0) is 27.0. The van der Waals surface area contributed by atoms with Gasteiger partial charge in [0, 0.05) is 27.1 Å². The van der Waals surface area contributed by atoms with Gasteiger partial charge in [-0.2, -0.15) is 18.3 Å². The number of primary amides is 1. The number of fused-ring (bicyclic) bond motifs is 3. The van der Waals surface area contributed by atoms with Crippen molar-refractivity contribution in [3.63, 3.8) is 0 Å². The number of carbonyl (C=O) groups is 2. The Labute approximate surface area is 216 Å². The normalized spacial score (nSPS) is 17.2. The molecule has 1 aliphatic rings. The van der Waals surface area contributed by atoms with E-state index < -0.39 is 57.6 Å². The highest BCUT2D eigenvalue weighted by atomic mass is 79.9. The lowest BCUT2D eigenvalue weighted by atomic mass is 9.84. The van der Waals surface area contributed by atoms with E-state index in [-0.39, 0.29) is 43.3 Å². The first-order valence-corrected chi connectivity index (χ1v) is 11.3. The van der Waals surface area contributed by atoms with Crippen molar-refractivity contribution in [1.82, 2.24) is 15.5 Å². The van der Waals surface area contributed by atoms with Gasteiger partial charge in [-0.3, -0.25) is 14.7 Å². The van der Waals surface area contributed by atoms with E-state index in [1.807, 2.05) is 0 Å². The minimum absolute atomic E-state index is 0.0973. The number of aliphatic hydroxyl groups is 1. The third-order valence-corrected chi connectivity index (χ3v) is 6.87. The Morgan fingerprint density at radius 3 is 2.49 bits per heavy atom. The predicted octanol–water partition coefficient (Wildman–Crippen LogP) is 4.98. The molecule has 0 saturated heterocycles. The molecule has 4 aromatic rings. The topological polar surface area (TPSA) is 121 Å². The molecule has 1 atom stereocenters. The molecule has 2 heterocycles. The lowest BCUT2D eigenvalue weighted by Gasteiger charge is -2.28. The van der Waals surface area contributed by atoms with Crippen LogP contribution in [0.1, 0.15) is 37.4 Å². The summed E-state index contributed by atoms with van der Waals surface area (Å²) in [5, 5.41) is 20.5. The molecule has 1 aromatic heterocycles. The maximum Gasteiger partial charge on any atom is 0.416 e. The Kier molecular flexibility index (Phi) is 5.59. The van der Waals surface area contributed by atoms with Crippen LogP contribution in [0.4, 0.5) is 22.0 Å². The highest BCUT2D eigenvalue weighted by Gasteiger charge is 2.48. The van der Waals surface area contributed by atoms with Crippen LogP contribution in [0, 0.1) is 11.6 Å². The van der Waals surface area contributed by atoms with Crippen molar-refractivity contribution in [3.05, 3.63) is 85.5 Å². The minimum atomic E-state index is -5.02. The van der Waals surface area contributed by atoms with Gasteiger partial charge in [-0.1, -0.05) is 11.6 Å². The Bertz CT molecular complexity index is 1670. The number of H-pyrrole nitrogens is 1. The van der Waals surface area contributed by atoms with Gasteiger partial charge in [0.25, 0.3) is 5.91 Å². The number of nitrogens with two attached hydrogens (primary N) is 1. The summed E-state index contributed by atoms with van der Waals surface area (Å²) in [4.78, 5) is 25.4. The van der Waals surface area contributed by atoms with Crippen LogP contribution in [0.3, 0.4) is 0 Å². The third kappa shape index (κ3) is 3.76. The highest BCUT2D eigenvalue weighted by molar-refractivity contribution is 9.10. The Balaban J connectivity index is 1.96. The standard InChI is InChI=1S/C23H11BrClF5N4O3/c24-19-16-14(33-34-19)6-9(15-10(20(31)35)3-7(4-13(15)27)23(28,29)30)18-17(16)21(36)32-22(18,37)11-5-8(26)1-2-12(11)25/h1-6,37H,(H2,31,35)(H,32,36)(H,33,34). The molecule has 14 heteroatoms. The van der Waals surface area contributed by atoms with E-state index in [2.05, 4.69) is 31.4 Å².